The summed E-state index contributed by atoms with van der Waals surface area (Å²) in [6, 6.07) is 0. The normalized spacial score (nSPS) is 14.3. The molecule has 0 aliphatic heterocycles. The number of hydrogen-bond donors (Lipinski definition) is 0. The van der Waals surface area contributed by atoms with Crippen molar-refractivity contribution in [1.82, 2.24) is 0 Å². The van der Waals surface area contributed by atoms with Gasteiger partial charge < -0.3 is 13.6 Å². The minimum atomic E-state index is -1.67. The molecule has 0 saturated carbocycles. The zero-order valence-corrected chi connectivity index (χ0v) is 15.8. The van der Waals surface area contributed by atoms with Gasteiger partial charge in [0.05, 0.1) is 12.7 Å². The van der Waals surface area contributed by atoms with Crippen LogP contribution in [0.5, 0.6) is 0 Å². The molecule has 112 valence electrons. The molecule has 0 aliphatic carbocycles. The summed E-state index contributed by atoms with van der Waals surface area (Å²) in [5.74, 6) is 1.45. The molecule has 5 heteroatoms. The van der Waals surface area contributed by atoms with Crippen molar-refractivity contribution in [3.63, 3.8) is 0 Å². The van der Waals surface area contributed by atoms with Crippen molar-refractivity contribution < 1.29 is 13.6 Å². The van der Waals surface area contributed by atoms with E-state index in [0.717, 1.165) is 12.2 Å². The molecule has 0 aliphatic rings. The van der Waals surface area contributed by atoms with E-state index in [9.17, 15) is 0 Å². The van der Waals surface area contributed by atoms with Gasteiger partial charge in [-0.15, -0.1) is 0 Å². The zero-order valence-electron chi connectivity index (χ0n) is 13.8. The van der Waals surface area contributed by atoms with Crippen molar-refractivity contribution in [3.05, 3.63) is 23.9 Å². The fourth-order valence-electron chi connectivity index (χ4n) is 1.35. The van der Waals surface area contributed by atoms with E-state index in [-0.39, 0.29) is 0 Å². The van der Waals surface area contributed by atoms with Gasteiger partial charge in [-0.05, 0) is 58.7 Å². The van der Waals surface area contributed by atoms with E-state index < -0.39 is 16.6 Å². The van der Waals surface area contributed by atoms with Crippen LogP contribution >= 0.6 is 0 Å². The van der Waals surface area contributed by atoms with Crippen LogP contribution in [0.15, 0.2) is 23.9 Å². The van der Waals surface area contributed by atoms with E-state index in [0.29, 0.717) is 12.6 Å². The zero-order chi connectivity index (χ0) is 15.1. The molecule has 0 aromatic rings. The van der Waals surface area contributed by atoms with Gasteiger partial charge in [0.15, 0.2) is 0 Å². The molecule has 3 nitrogen and oxygen atoms in total. The highest BCUT2D eigenvalue weighted by atomic mass is 28.4. The molecule has 0 fully saturated rings. The number of allylic oxidation sites excluding steroid dienone is 2. The SMILES string of the molecule is CC/C=C(\C=C(/OCC)O[Si](C)(C)C)O[Si](C)(C)C. The highest BCUT2D eigenvalue weighted by Crippen LogP contribution is 2.18. The summed E-state index contributed by atoms with van der Waals surface area (Å²) in [6.07, 6.45) is 4.90. The monoisotopic (exact) mass is 302 g/mol. The smallest absolute Gasteiger partial charge is 0.268 e. The van der Waals surface area contributed by atoms with Crippen molar-refractivity contribution in [3.8, 4) is 0 Å². The molecule has 0 bridgehead atoms. The van der Waals surface area contributed by atoms with E-state index in [1.54, 1.807) is 0 Å². The van der Waals surface area contributed by atoms with Crippen LogP contribution in [0, 0.1) is 0 Å². The van der Waals surface area contributed by atoms with Gasteiger partial charge in [0.25, 0.3) is 5.95 Å². The van der Waals surface area contributed by atoms with Crippen molar-refractivity contribution in [2.24, 2.45) is 0 Å². The van der Waals surface area contributed by atoms with E-state index in [1.807, 2.05) is 13.0 Å². The maximum absolute atomic E-state index is 6.05. The Hall–Kier alpha value is -0.686. The Morgan fingerprint density at radius 2 is 1.42 bits per heavy atom. The Balaban J connectivity index is 5.07. The summed E-state index contributed by atoms with van der Waals surface area (Å²) in [5.41, 5.74) is 0. The second-order valence-corrected chi connectivity index (χ2v) is 15.2. The first-order chi connectivity index (χ1) is 8.57. The van der Waals surface area contributed by atoms with Crippen LogP contribution in [0.25, 0.3) is 0 Å². The standard InChI is InChI=1S/C14H30O3Si2/c1-9-11-13(16-18(3,4)5)12-14(15-10-2)17-19(6,7)8/h11-12H,9-10H2,1-8H3/b13-11+,14-12+. The molecule has 0 radical (unpaired) electrons. The molecule has 0 N–H and O–H groups in total. The Morgan fingerprint density at radius 1 is 0.895 bits per heavy atom. The number of ether oxygens (including phenoxy) is 1. The van der Waals surface area contributed by atoms with Crippen molar-refractivity contribution in [1.29, 1.82) is 0 Å². The third kappa shape index (κ3) is 10.9. The Bertz CT molecular complexity index is 323. The lowest BCUT2D eigenvalue weighted by Gasteiger charge is -2.24. The molecule has 0 atom stereocenters. The summed E-state index contributed by atoms with van der Waals surface area (Å²) in [4.78, 5) is 0. The van der Waals surface area contributed by atoms with Crippen molar-refractivity contribution in [2.45, 2.75) is 59.6 Å². The fourth-order valence-corrected chi connectivity index (χ4v) is 2.92. The fraction of sp³-hybridized carbons (Fsp3) is 0.714. The van der Waals surface area contributed by atoms with Crippen LogP contribution in [0.1, 0.15) is 20.3 Å². The predicted octanol–water partition coefficient (Wildman–Crippen LogP) is 4.86. The maximum Gasteiger partial charge on any atom is 0.268 e. The van der Waals surface area contributed by atoms with Gasteiger partial charge >= 0.3 is 0 Å². The highest BCUT2D eigenvalue weighted by Gasteiger charge is 2.21. The molecular formula is C14H30O3Si2. The lowest BCUT2D eigenvalue weighted by molar-refractivity contribution is 0.111. The topological polar surface area (TPSA) is 27.7 Å². The Kier molecular flexibility index (Phi) is 7.51. The molecule has 19 heavy (non-hydrogen) atoms. The van der Waals surface area contributed by atoms with E-state index in [4.69, 9.17) is 13.6 Å². The summed E-state index contributed by atoms with van der Waals surface area (Å²) in [7, 11) is -3.29. The van der Waals surface area contributed by atoms with Gasteiger partial charge in [0.2, 0.25) is 16.6 Å². The summed E-state index contributed by atoms with van der Waals surface area (Å²) >= 11 is 0. The molecule has 0 saturated heterocycles. The molecule has 0 aromatic heterocycles. The van der Waals surface area contributed by atoms with Crippen LogP contribution in [0.3, 0.4) is 0 Å². The first-order valence-corrected chi connectivity index (χ1v) is 13.8. The summed E-state index contributed by atoms with van der Waals surface area (Å²) < 4.78 is 17.6. The maximum atomic E-state index is 6.05. The first-order valence-electron chi connectivity index (χ1n) is 7.00. The summed E-state index contributed by atoms with van der Waals surface area (Å²) in [6.45, 7) is 17.6. The van der Waals surface area contributed by atoms with E-state index >= 15 is 0 Å². The minimum Gasteiger partial charge on any atom is -0.544 e. The van der Waals surface area contributed by atoms with Gasteiger partial charge in [0.1, 0.15) is 5.76 Å². The lowest BCUT2D eigenvalue weighted by atomic mass is 10.3. The highest BCUT2D eigenvalue weighted by molar-refractivity contribution is 6.70. The Labute approximate surface area is 120 Å². The largest absolute Gasteiger partial charge is 0.544 e. The van der Waals surface area contributed by atoms with Gasteiger partial charge in [0, 0.05) is 0 Å². The average molecular weight is 303 g/mol. The van der Waals surface area contributed by atoms with Crippen LogP contribution in [-0.2, 0) is 13.6 Å². The van der Waals surface area contributed by atoms with Crippen LogP contribution < -0.4 is 0 Å². The van der Waals surface area contributed by atoms with Gasteiger partial charge in [-0.25, -0.2) is 0 Å². The first kappa shape index (κ1) is 18.3. The molecule has 0 aromatic carbocycles. The quantitative estimate of drug-likeness (QED) is 0.364. The van der Waals surface area contributed by atoms with Crippen molar-refractivity contribution in [2.75, 3.05) is 6.61 Å². The predicted molar refractivity (Wildman–Crippen MR) is 86.9 cm³/mol. The molecule has 0 heterocycles. The van der Waals surface area contributed by atoms with Gasteiger partial charge in [-0.3, -0.25) is 0 Å². The van der Waals surface area contributed by atoms with Crippen LogP contribution in [0.2, 0.25) is 39.3 Å². The number of hydrogen-bond acceptors (Lipinski definition) is 3. The van der Waals surface area contributed by atoms with E-state index in [1.165, 1.54) is 0 Å². The minimum absolute atomic E-state index is 0.583. The molecule has 0 unspecified atom stereocenters. The van der Waals surface area contributed by atoms with Crippen LogP contribution in [-0.4, -0.2) is 23.2 Å². The van der Waals surface area contributed by atoms with E-state index in [2.05, 4.69) is 52.3 Å². The Morgan fingerprint density at radius 3 is 1.79 bits per heavy atom. The molecule has 0 rings (SSSR count). The van der Waals surface area contributed by atoms with Crippen LogP contribution in [0.4, 0.5) is 0 Å². The second-order valence-electron chi connectivity index (χ2n) is 6.34. The van der Waals surface area contributed by atoms with Crippen molar-refractivity contribution >= 4 is 16.6 Å². The third-order valence-corrected chi connectivity index (χ3v) is 3.44. The number of rotatable bonds is 8. The average Bonchev–Trinajstić information content (AvgIpc) is 2.12. The molecular weight excluding hydrogens is 272 g/mol. The van der Waals surface area contributed by atoms with Gasteiger partial charge in [-0.2, -0.15) is 0 Å². The molecule has 0 amide bonds. The second kappa shape index (κ2) is 7.79. The molecule has 0 spiro atoms. The summed E-state index contributed by atoms with van der Waals surface area (Å²) in [5, 5.41) is 0. The third-order valence-electron chi connectivity index (χ3n) is 1.78. The lowest BCUT2D eigenvalue weighted by Crippen LogP contribution is -2.27. The van der Waals surface area contributed by atoms with Gasteiger partial charge in [-0.1, -0.05) is 6.92 Å².